The molecular formula is C18H28F3NO4. The molecule has 0 spiro atoms. The number of benzene rings is 1. The van der Waals surface area contributed by atoms with Gasteiger partial charge >= 0.3 is 6.18 Å². The zero-order chi connectivity index (χ0) is 19.6. The molecule has 0 radical (unpaired) electrons. The Bertz CT molecular complexity index is 513. The Kier molecular flexibility index (Phi) is 9.93. The molecule has 0 aliphatic rings. The summed E-state index contributed by atoms with van der Waals surface area (Å²) in [6.45, 7) is 3.00. The molecule has 0 unspecified atom stereocenters. The Balaban J connectivity index is 2.37. The first-order valence-corrected chi connectivity index (χ1v) is 8.65. The Morgan fingerprint density at radius 2 is 1.69 bits per heavy atom. The van der Waals surface area contributed by atoms with Crippen LogP contribution in [0.3, 0.4) is 0 Å². The van der Waals surface area contributed by atoms with Gasteiger partial charge in [0.25, 0.3) is 0 Å². The predicted octanol–water partition coefficient (Wildman–Crippen LogP) is 2.55. The molecule has 0 aliphatic heterocycles. The average molecular weight is 379 g/mol. The highest BCUT2D eigenvalue weighted by atomic mass is 19.4. The van der Waals surface area contributed by atoms with Crippen molar-refractivity contribution in [3.63, 3.8) is 0 Å². The largest absolute Gasteiger partial charge is 0.490 e. The minimum absolute atomic E-state index is 0.153. The van der Waals surface area contributed by atoms with Gasteiger partial charge < -0.3 is 24.6 Å². The topological polar surface area (TPSA) is 62.2 Å². The number of unbranched alkanes of at least 4 members (excludes halogenated alkanes) is 1. The molecule has 1 aromatic carbocycles. The number of alkyl halides is 3. The zero-order valence-electron chi connectivity index (χ0n) is 15.2. The summed E-state index contributed by atoms with van der Waals surface area (Å²) in [7, 11) is 1.70. The second kappa shape index (κ2) is 11.4. The van der Waals surface area contributed by atoms with Crippen molar-refractivity contribution in [3.8, 4) is 5.75 Å². The summed E-state index contributed by atoms with van der Waals surface area (Å²) in [5.41, 5.74) is -0.875. The van der Waals surface area contributed by atoms with Crippen molar-refractivity contribution >= 4 is 0 Å². The lowest BCUT2D eigenvalue weighted by atomic mass is 10.2. The summed E-state index contributed by atoms with van der Waals surface area (Å²) < 4.78 is 49.1. The fourth-order valence-corrected chi connectivity index (χ4v) is 2.38. The first-order valence-electron chi connectivity index (χ1n) is 8.65. The quantitative estimate of drug-likeness (QED) is 0.547. The van der Waals surface area contributed by atoms with E-state index >= 15 is 0 Å². The van der Waals surface area contributed by atoms with Gasteiger partial charge in [0.05, 0.1) is 18.3 Å². The molecule has 0 saturated heterocycles. The van der Waals surface area contributed by atoms with Gasteiger partial charge in [0.2, 0.25) is 0 Å². The number of nitrogens with zero attached hydrogens (tertiary/aromatic N) is 1. The lowest BCUT2D eigenvalue weighted by molar-refractivity contribution is -0.139. The summed E-state index contributed by atoms with van der Waals surface area (Å²) in [5, 5.41) is 19.8. The number of halogens is 3. The molecule has 0 fully saturated rings. The number of hydrogen-bond acceptors (Lipinski definition) is 5. The molecule has 26 heavy (non-hydrogen) atoms. The Morgan fingerprint density at radius 1 is 1.08 bits per heavy atom. The second-order valence-electron chi connectivity index (χ2n) is 6.26. The highest BCUT2D eigenvalue weighted by molar-refractivity contribution is 5.35. The van der Waals surface area contributed by atoms with Gasteiger partial charge in [-0.3, -0.25) is 0 Å². The highest BCUT2D eigenvalue weighted by Gasteiger charge is 2.34. The van der Waals surface area contributed by atoms with Crippen molar-refractivity contribution in [2.45, 2.75) is 38.1 Å². The van der Waals surface area contributed by atoms with Crippen LogP contribution >= 0.6 is 0 Å². The van der Waals surface area contributed by atoms with Crippen molar-refractivity contribution < 1.29 is 32.9 Å². The van der Waals surface area contributed by atoms with E-state index in [-0.39, 0.29) is 32.1 Å². The Morgan fingerprint density at radius 3 is 2.31 bits per heavy atom. The molecule has 8 heteroatoms. The molecule has 2 atom stereocenters. The van der Waals surface area contributed by atoms with Gasteiger partial charge in [0.15, 0.2) is 0 Å². The fraction of sp³-hybridized carbons (Fsp3) is 0.667. The van der Waals surface area contributed by atoms with E-state index in [1.165, 1.54) is 18.2 Å². The molecule has 5 nitrogen and oxygen atoms in total. The van der Waals surface area contributed by atoms with E-state index in [4.69, 9.17) is 9.47 Å². The standard InChI is InChI=1S/C18H28F3NO4/c1-3-4-9-25-12-14(23)10-22(2)11-15(24)13-26-17-8-6-5-7-16(17)18(19,20)21/h5-8,14-15,23-24H,3-4,9-13H2,1-2H3/t14-,15+/m0/s1. The number of aliphatic hydroxyl groups is 2. The number of hydrogen-bond donors (Lipinski definition) is 2. The van der Waals surface area contributed by atoms with Crippen LogP contribution in [0.1, 0.15) is 25.3 Å². The van der Waals surface area contributed by atoms with E-state index in [1.54, 1.807) is 11.9 Å². The van der Waals surface area contributed by atoms with E-state index in [0.29, 0.717) is 6.61 Å². The maximum Gasteiger partial charge on any atom is 0.419 e. The zero-order valence-corrected chi connectivity index (χ0v) is 15.2. The fourth-order valence-electron chi connectivity index (χ4n) is 2.38. The van der Waals surface area contributed by atoms with Gasteiger partial charge in [-0.1, -0.05) is 25.5 Å². The minimum atomic E-state index is -4.51. The molecule has 150 valence electrons. The van der Waals surface area contributed by atoms with Crippen LogP contribution in [0.2, 0.25) is 0 Å². The number of aliphatic hydroxyl groups excluding tert-OH is 2. The van der Waals surface area contributed by atoms with Crippen LogP contribution in [-0.2, 0) is 10.9 Å². The third-order valence-corrected chi connectivity index (χ3v) is 3.62. The lowest BCUT2D eigenvalue weighted by Gasteiger charge is -2.23. The Labute approximate surface area is 152 Å². The first-order chi connectivity index (χ1) is 12.2. The molecule has 0 bridgehead atoms. The Hall–Kier alpha value is -1.35. The predicted molar refractivity (Wildman–Crippen MR) is 92.2 cm³/mol. The average Bonchev–Trinajstić information content (AvgIpc) is 2.56. The van der Waals surface area contributed by atoms with Crippen LogP contribution < -0.4 is 4.74 Å². The van der Waals surface area contributed by atoms with Crippen molar-refractivity contribution in [2.24, 2.45) is 0 Å². The van der Waals surface area contributed by atoms with E-state index in [9.17, 15) is 23.4 Å². The summed E-state index contributed by atoms with van der Waals surface area (Å²) in [6.07, 6.45) is -4.26. The van der Waals surface area contributed by atoms with Crippen LogP contribution in [0, 0.1) is 0 Å². The molecule has 0 aromatic heterocycles. The molecular weight excluding hydrogens is 351 g/mol. The maximum atomic E-state index is 12.9. The molecule has 1 aromatic rings. The smallest absolute Gasteiger partial charge is 0.419 e. The summed E-state index contributed by atoms with van der Waals surface area (Å²) in [6, 6.07) is 4.88. The number of likely N-dealkylation sites (N-methyl/N-ethyl adjacent to an activating group) is 1. The molecule has 0 saturated carbocycles. The molecule has 0 heterocycles. The van der Waals surface area contributed by atoms with Gasteiger partial charge in [0.1, 0.15) is 18.5 Å². The van der Waals surface area contributed by atoms with Crippen LogP contribution in [0.25, 0.3) is 0 Å². The van der Waals surface area contributed by atoms with Crippen molar-refractivity contribution in [1.82, 2.24) is 4.90 Å². The number of ether oxygens (including phenoxy) is 2. The number of para-hydroxylation sites is 1. The molecule has 1 rings (SSSR count). The van der Waals surface area contributed by atoms with Crippen molar-refractivity contribution in [3.05, 3.63) is 29.8 Å². The normalized spacial score (nSPS) is 14.5. The monoisotopic (exact) mass is 379 g/mol. The molecule has 2 N–H and O–H groups in total. The summed E-state index contributed by atoms with van der Waals surface area (Å²) in [5.74, 6) is -0.314. The minimum Gasteiger partial charge on any atom is -0.490 e. The van der Waals surface area contributed by atoms with Gasteiger partial charge in [-0.15, -0.1) is 0 Å². The lowest BCUT2D eigenvalue weighted by Crippen LogP contribution is -2.39. The highest BCUT2D eigenvalue weighted by Crippen LogP contribution is 2.35. The van der Waals surface area contributed by atoms with Crippen LogP contribution in [0.15, 0.2) is 24.3 Å². The second-order valence-corrected chi connectivity index (χ2v) is 6.26. The van der Waals surface area contributed by atoms with Crippen molar-refractivity contribution in [2.75, 3.05) is 40.0 Å². The van der Waals surface area contributed by atoms with Gasteiger partial charge in [-0.25, -0.2) is 0 Å². The van der Waals surface area contributed by atoms with Crippen LogP contribution in [0.5, 0.6) is 5.75 Å². The summed E-state index contributed by atoms with van der Waals surface area (Å²) >= 11 is 0. The molecule has 0 aliphatic carbocycles. The van der Waals surface area contributed by atoms with Crippen molar-refractivity contribution in [1.29, 1.82) is 0 Å². The van der Waals surface area contributed by atoms with Gasteiger partial charge in [-0.2, -0.15) is 13.2 Å². The van der Waals surface area contributed by atoms with Crippen LogP contribution in [-0.4, -0.2) is 67.3 Å². The van der Waals surface area contributed by atoms with Gasteiger partial charge in [0, 0.05) is 19.7 Å². The summed E-state index contributed by atoms with van der Waals surface area (Å²) in [4.78, 5) is 1.68. The number of rotatable bonds is 12. The third kappa shape index (κ3) is 8.84. The maximum absolute atomic E-state index is 12.9. The SMILES string of the molecule is CCCCOC[C@@H](O)CN(C)C[C@@H](O)COc1ccccc1C(F)(F)F. The van der Waals surface area contributed by atoms with Crippen LogP contribution in [0.4, 0.5) is 13.2 Å². The van der Waals surface area contributed by atoms with E-state index < -0.39 is 23.9 Å². The molecule has 0 amide bonds. The van der Waals surface area contributed by atoms with E-state index in [2.05, 4.69) is 0 Å². The van der Waals surface area contributed by atoms with Gasteiger partial charge in [-0.05, 0) is 25.6 Å². The third-order valence-electron chi connectivity index (χ3n) is 3.62. The van der Waals surface area contributed by atoms with E-state index in [1.807, 2.05) is 6.92 Å². The van der Waals surface area contributed by atoms with E-state index in [0.717, 1.165) is 18.9 Å². The first kappa shape index (κ1) is 22.7.